The molecule has 2 aromatic rings. The van der Waals surface area contributed by atoms with E-state index in [9.17, 15) is 33.9 Å². The van der Waals surface area contributed by atoms with E-state index in [1.54, 1.807) is 66.4 Å². The predicted octanol–water partition coefficient (Wildman–Crippen LogP) is 3.51. The van der Waals surface area contributed by atoms with Crippen molar-refractivity contribution in [1.29, 1.82) is 0 Å². The molecule has 0 aromatic heterocycles. The largest absolute Gasteiger partial charge is 0.394 e. The number of nitrogens with zero attached hydrogens (tertiary/aromatic N) is 8. The van der Waals surface area contributed by atoms with Gasteiger partial charge < -0.3 is 70.3 Å². The highest BCUT2D eigenvalue weighted by Gasteiger charge is 2.44. The van der Waals surface area contributed by atoms with E-state index in [-0.39, 0.29) is 68.8 Å². The van der Waals surface area contributed by atoms with Gasteiger partial charge in [0.1, 0.15) is 60.4 Å². The Bertz CT molecular complexity index is 3060. The monoisotopic (exact) mass is 1400 g/mol. The van der Waals surface area contributed by atoms with Crippen LogP contribution in [-0.4, -0.2) is 264 Å². The number of hydrogen-bond donors (Lipinski definition) is 5. The second-order valence-corrected chi connectivity index (χ2v) is 29.1. The molecule has 2 heterocycles. The maximum absolute atomic E-state index is 15.6. The molecule has 5 N–H and O–H groups in total. The third-order valence-electron chi connectivity index (χ3n) is 19.2. The Morgan fingerprint density at radius 2 is 0.940 bits per heavy atom. The highest BCUT2D eigenvalue weighted by Crippen LogP contribution is 2.25. The highest BCUT2D eigenvalue weighted by atomic mass is 16.5. The fraction of sp³-hybridized carbons (Fsp3) is 0.676. The normalized spacial score (nSPS) is 25.1. The van der Waals surface area contributed by atoms with E-state index in [4.69, 9.17) is 4.74 Å². The molecule has 0 saturated carbocycles. The van der Waals surface area contributed by atoms with Gasteiger partial charge in [-0.05, 0) is 92.6 Å². The van der Waals surface area contributed by atoms with Crippen LogP contribution in [0.25, 0.3) is 0 Å². The van der Waals surface area contributed by atoms with E-state index < -0.39 is 163 Å². The number of aliphatic hydroxyl groups excluding tert-OH is 1. The Labute approximate surface area is 593 Å². The van der Waals surface area contributed by atoms with Gasteiger partial charge in [-0.25, -0.2) is 0 Å². The lowest BCUT2D eigenvalue weighted by atomic mass is 9.94. The smallest absolute Gasteiger partial charge is 0.247 e. The van der Waals surface area contributed by atoms with Crippen molar-refractivity contribution in [3.05, 3.63) is 71.8 Å². The number of piperidine rings is 1. The lowest BCUT2D eigenvalue weighted by Crippen LogP contribution is -2.62. The molecule has 2 aliphatic heterocycles. The molecule has 2 fully saturated rings. The van der Waals surface area contributed by atoms with Crippen molar-refractivity contribution < 1.29 is 67.4 Å². The van der Waals surface area contributed by atoms with E-state index in [1.807, 2.05) is 68.4 Å². The van der Waals surface area contributed by atoms with Gasteiger partial charge in [0.05, 0.1) is 32.8 Å². The van der Waals surface area contributed by atoms with Crippen LogP contribution in [0.15, 0.2) is 60.7 Å². The molecule has 12 amide bonds. The molecule has 2 aromatic carbocycles. The fourth-order valence-electron chi connectivity index (χ4n) is 12.8. The zero-order chi connectivity index (χ0) is 75.0. The lowest BCUT2D eigenvalue weighted by molar-refractivity contribution is -0.152. The topological polar surface area (TPSA) is 308 Å². The van der Waals surface area contributed by atoms with E-state index in [2.05, 4.69) is 21.3 Å². The molecule has 100 heavy (non-hydrogen) atoms. The summed E-state index contributed by atoms with van der Waals surface area (Å²) in [4.78, 5) is 190. The van der Waals surface area contributed by atoms with E-state index in [0.717, 1.165) is 21.1 Å². The van der Waals surface area contributed by atoms with Crippen LogP contribution in [0.5, 0.6) is 0 Å². The third-order valence-corrected chi connectivity index (χ3v) is 19.2. The molecule has 0 bridgehead atoms. The predicted molar refractivity (Wildman–Crippen MR) is 381 cm³/mol. The fourth-order valence-corrected chi connectivity index (χ4v) is 12.8. The van der Waals surface area contributed by atoms with Gasteiger partial charge in [0, 0.05) is 75.3 Å². The standard InChI is InChI=1S/C74H118N12O14/c1-19-50(10)64-68(93)78-57(45-100-36-35-87)69(94)79(12)44-63(89)81(14)58(39-48(6)7)66(91)77-56(72(97)86-33-27-22-28-34-86)43-62(88)80(13)51(11)65(90)75-54(37-46(2)3)70(95)83(16)60(40-49(8)9)73(98)82(15)59(41-52-29-23-20-24-30-52)67(92)76-55(38-47(4)5)71(96)84(17)61(74(99)85(64)18)42-53-31-25-21-26-32-53/h20-21,23-26,29-32,46-51,54-61,64,87H,19,22,27-28,33-45H2,1-18H3,(H,75,90)(H,76,92)(H,77,91)(H,78,93)/t50-,51-,54-,55-,56-,57-,58-,59-,60-,61-,64-/m0/s1. The summed E-state index contributed by atoms with van der Waals surface area (Å²) in [5.74, 6) is -9.67. The maximum Gasteiger partial charge on any atom is 0.247 e. The molecular weight excluding hydrogens is 1280 g/mol. The van der Waals surface area contributed by atoms with Gasteiger partial charge in [-0.15, -0.1) is 0 Å². The summed E-state index contributed by atoms with van der Waals surface area (Å²) in [5, 5.41) is 21.2. The minimum absolute atomic E-state index is 0.0293. The molecule has 4 rings (SSSR count). The first kappa shape index (κ1) is 84.4. The summed E-state index contributed by atoms with van der Waals surface area (Å²) in [5.41, 5.74) is 1.33. The molecular formula is C74H118N12O14. The first-order chi connectivity index (χ1) is 47.1. The van der Waals surface area contributed by atoms with Crippen LogP contribution >= 0.6 is 0 Å². The van der Waals surface area contributed by atoms with Crippen LogP contribution in [0.3, 0.4) is 0 Å². The van der Waals surface area contributed by atoms with Crippen molar-refractivity contribution in [3.8, 4) is 0 Å². The summed E-state index contributed by atoms with van der Waals surface area (Å²) < 4.78 is 5.67. The Hall–Kier alpha value is -8.00. The summed E-state index contributed by atoms with van der Waals surface area (Å²) >= 11 is 0. The Balaban J connectivity index is 1.98. The van der Waals surface area contributed by atoms with Crippen LogP contribution in [0.4, 0.5) is 0 Å². The van der Waals surface area contributed by atoms with Crippen LogP contribution < -0.4 is 21.3 Å². The van der Waals surface area contributed by atoms with Crippen LogP contribution in [0.1, 0.15) is 145 Å². The lowest BCUT2D eigenvalue weighted by Gasteiger charge is -2.39. The number of hydrogen-bond acceptors (Lipinski definition) is 14. The van der Waals surface area contributed by atoms with Crippen molar-refractivity contribution in [2.45, 2.75) is 207 Å². The van der Waals surface area contributed by atoms with Gasteiger partial charge in [0.25, 0.3) is 0 Å². The maximum atomic E-state index is 15.6. The summed E-state index contributed by atoms with van der Waals surface area (Å²) in [6.45, 7) is 18.9. The van der Waals surface area contributed by atoms with Gasteiger partial charge in [-0.1, -0.05) is 136 Å². The van der Waals surface area contributed by atoms with Crippen LogP contribution in [0.2, 0.25) is 0 Å². The van der Waals surface area contributed by atoms with Crippen molar-refractivity contribution in [2.24, 2.45) is 29.6 Å². The summed E-state index contributed by atoms with van der Waals surface area (Å²) in [6.07, 6.45) is 2.30. The molecule has 0 unspecified atom stereocenters. The molecule has 0 spiro atoms. The number of rotatable bonds is 19. The third kappa shape index (κ3) is 24.4. The minimum Gasteiger partial charge on any atom is -0.394 e. The zero-order valence-corrected chi connectivity index (χ0v) is 62.8. The number of aliphatic hydroxyl groups is 1. The Morgan fingerprint density at radius 1 is 0.490 bits per heavy atom. The van der Waals surface area contributed by atoms with Gasteiger partial charge in [-0.3, -0.25) is 57.5 Å². The van der Waals surface area contributed by atoms with Gasteiger partial charge in [0.15, 0.2) is 0 Å². The Morgan fingerprint density at radius 3 is 1.44 bits per heavy atom. The van der Waals surface area contributed by atoms with Gasteiger partial charge >= 0.3 is 0 Å². The summed E-state index contributed by atoms with van der Waals surface area (Å²) in [7, 11) is 9.90. The molecule has 26 nitrogen and oxygen atoms in total. The average molecular weight is 1400 g/mol. The number of carbonyl (C=O) groups is 12. The summed E-state index contributed by atoms with van der Waals surface area (Å²) in [6, 6.07) is 4.88. The molecule has 2 aliphatic rings. The number of likely N-dealkylation sites (tertiary alicyclic amines) is 1. The van der Waals surface area contributed by atoms with Crippen LogP contribution in [-0.2, 0) is 75.1 Å². The van der Waals surface area contributed by atoms with Crippen molar-refractivity contribution in [1.82, 2.24) is 60.5 Å². The van der Waals surface area contributed by atoms with Crippen molar-refractivity contribution >= 4 is 70.9 Å². The highest BCUT2D eigenvalue weighted by molar-refractivity contribution is 6.00. The molecule has 2 saturated heterocycles. The molecule has 0 radical (unpaired) electrons. The SMILES string of the molecule is CC[C@H](C)[C@H]1C(=O)N[C@@H](COCCO)C(=O)N(C)CC(=O)N(C)[C@@H](CC(C)C)C(=O)N[C@H](C(=O)N2CCCCC2)CC(=O)N(C)[C@@H](C)C(=O)N[C@@H](CC(C)C)C(=O)N(C)[C@@H](CC(C)C)C(=O)N(C)[C@@H](Cc2ccccc2)C(=O)N[C@@H](CC(C)C)C(=O)N(C)[C@@H](Cc2ccccc2)C(=O)N1C. The van der Waals surface area contributed by atoms with Crippen LogP contribution in [0, 0.1) is 29.6 Å². The van der Waals surface area contributed by atoms with E-state index in [0.29, 0.717) is 43.5 Å². The number of benzene rings is 2. The Kier molecular flexibility index (Phi) is 34.1. The molecule has 558 valence electrons. The number of amides is 12. The number of nitrogens with one attached hydrogen (secondary N) is 4. The number of likely N-dealkylation sites (N-methyl/N-ethyl adjacent to an activating group) is 7. The second kappa shape index (κ2) is 40.4. The van der Waals surface area contributed by atoms with Crippen molar-refractivity contribution in [3.63, 3.8) is 0 Å². The molecule has 0 aliphatic carbocycles. The van der Waals surface area contributed by atoms with E-state index in [1.165, 1.54) is 75.9 Å². The zero-order valence-electron chi connectivity index (χ0n) is 62.8. The first-order valence-corrected chi connectivity index (χ1v) is 35.7. The number of ether oxygens (including phenoxy) is 1. The molecule has 26 heteroatoms. The minimum atomic E-state index is -1.50. The first-order valence-electron chi connectivity index (χ1n) is 35.7. The van der Waals surface area contributed by atoms with E-state index >= 15 is 28.8 Å². The van der Waals surface area contributed by atoms with Gasteiger partial charge in [0.2, 0.25) is 70.9 Å². The second-order valence-electron chi connectivity index (χ2n) is 29.1. The number of carbonyl (C=O) groups excluding carboxylic acids is 12. The molecule has 11 atom stereocenters. The van der Waals surface area contributed by atoms with Gasteiger partial charge in [-0.2, -0.15) is 0 Å². The quantitative estimate of drug-likeness (QED) is 0.126. The average Bonchev–Trinajstić information content (AvgIpc) is 0.816. The van der Waals surface area contributed by atoms with Crippen molar-refractivity contribution in [2.75, 3.05) is 88.8 Å².